The molecule has 0 aliphatic carbocycles. The SMILES string of the molecule is C1CCOC1.C=CC(=O)N(CC)c1cn(-c2cccnc2)nc1Cl.C=CC(=O)Nc1cn(-c2cccnc2)nc1Cl. The average molecular weight is 598 g/mol. The fourth-order valence-corrected chi connectivity index (χ4v) is 3.86. The molecule has 4 aromatic heterocycles. The Kier molecular flexibility index (Phi) is 12.2. The molecule has 0 atom stereocenters. The molecule has 5 rings (SSSR count). The topological polar surface area (TPSA) is 120 Å². The number of rotatable bonds is 7. The molecule has 1 N–H and O–H groups in total. The van der Waals surface area contributed by atoms with Crippen molar-refractivity contribution >= 4 is 46.4 Å². The molecule has 0 saturated carbocycles. The highest BCUT2D eigenvalue weighted by atomic mass is 35.5. The predicted molar refractivity (Wildman–Crippen MR) is 160 cm³/mol. The molecule has 1 saturated heterocycles. The molecule has 0 bridgehead atoms. The fourth-order valence-electron chi connectivity index (χ4n) is 3.45. The van der Waals surface area contributed by atoms with Crippen LogP contribution in [0.2, 0.25) is 10.3 Å². The number of amides is 2. The van der Waals surface area contributed by atoms with Gasteiger partial charge in [-0.2, -0.15) is 10.2 Å². The molecular weight excluding hydrogens is 567 g/mol. The first-order valence-electron chi connectivity index (χ1n) is 12.6. The van der Waals surface area contributed by atoms with Crippen molar-refractivity contribution in [2.45, 2.75) is 19.8 Å². The summed E-state index contributed by atoms with van der Waals surface area (Å²) < 4.78 is 8.07. The highest BCUT2D eigenvalue weighted by Crippen LogP contribution is 2.26. The summed E-state index contributed by atoms with van der Waals surface area (Å²) in [5, 5.41) is 11.3. The summed E-state index contributed by atoms with van der Waals surface area (Å²) >= 11 is 12.0. The first-order chi connectivity index (χ1) is 19.9. The number of hydrogen-bond donors (Lipinski definition) is 1. The lowest BCUT2D eigenvalue weighted by atomic mass is 10.4. The monoisotopic (exact) mass is 596 g/mol. The van der Waals surface area contributed by atoms with Gasteiger partial charge in [-0.05, 0) is 56.2 Å². The number of ether oxygens (including phenoxy) is 1. The summed E-state index contributed by atoms with van der Waals surface area (Å²) in [5.74, 6) is -0.548. The lowest BCUT2D eigenvalue weighted by Crippen LogP contribution is -2.28. The van der Waals surface area contributed by atoms with Gasteiger partial charge in [-0.15, -0.1) is 0 Å². The van der Waals surface area contributed by atoms with Crippen LogP contribution in [0.5, 0.6) is 0 Å². The number of pyridine rings is 2. The summed E-state index contributed by atoms with van der Waals surface area (Å²) in [6, 6.07) is 7.27. The van der Waals surface area contributed by atoms with Crippen LogP contribution in [0.25, 0.3) is 11.4 Å². The van der Waals surface area contributed by atoms with Crippen LogP contribution >= 0.6 is 23.2 Å². The zero-order chi connectivity index (χ0) is 29.6. The van der Waals surface area contributed by atoms with Gasteiger partial charge in [0.15, 0.2) is 10.3 Å². The van der Waals surface area contributed by atoms with Crippen molar-refractivity contribution in [3.63, 3.8) is 0 Å². The van der Waals surface area contributed by atoms with Crippen LogP contribution in [0.3, 0.4) is 0 Å². The fraction of sp³-hybridized carbons (Fsp3) is 0.214. The summed E-state index contributed by atoms with van der Waals surface area (Å²) in [4.78, 5) is 32.4. The number of nitrogens with zero attached hydrogens (tertiary/aromatic N) is 7. The van der Waals surface area contributed by atoms with E-state index in [2.05, 4.69) is 38.6 Å². The van der Waals surface area contributed by atoms with Crippen LogP contribution in [0.4, 0.5) is 11.4 Å². The lowest BCUT2D eigenvalue weighted by Gasteiger charge is -2.16. The van der Waals surface area contributed by atoms with Gasteiger partial charge in [0.25, 0.3) is 0 Å². The molecule has 0 spiro atoms. The summed E-state index contributed by atoms with van der Waals surface area (Å²) in [6.07, 6.45) is 14.9. The molecule has 0 radical (unpaired) electrons. The van der Waals surface area contributed by atoms with Crippen molar-refractivity contribution in [2.75, 3.05) is 30.0 Å². The Morgan fingerprint density at radius 1 is 0.976 bits per heavy atom. The van der Waals surface area contributed by atoms with E-state index in [1.54, 1.807) is 54.0 Å². The van der Waals surface area contributed by atoms with Crippen molar-refractivity contribution < 1.29 is 14.3 Å². The highest BCUT2D eigenvalue weighted by molar-refractivity contribution is 6.33. The molecule has 5 heterocycles. The van der Waals surface area contributed by atoms with E-state index in [9.17, 15) is 9.59 Å². The van der Waals surface area contributed by atoms with Gasteiger partial charge in [-0.3, -0.25) is 19.6 Å². The van der Waals surface area contributed by atoms with Crippen LogP contribution in [-0.4, -0.2) is 61.1 Å². The maximum Gasteiger partial charge on any atom is 0.250 e. The van der Waals surface area contributed by atoms with Crippen LogP contribution in [0, 0.1) is 0 Å². The second-order valence-electron chi connectivity index (χ2n) is 8.25. The average Bonchev–Trinajstić information content (AvgIpc) is 3.78. The van der Waals surface area contributed by atoms with E-state index in [0.717, 1.165) is 30.7 Å². The molecule has 11 nitrogen and oxygen atoms in total. The van der Waals surface area contributed by atoms with Crippen molar-refractivity contribution in [1.82, 2.24) is 29.5 Å². The number of carbonyl (C=O) groups is 2. The first kappa shape index (κ1) is 31.2. The molecule has 1 fully saturated rings. The van der Waals surface area contributed by atoms with Crippen molar-refractivity contribution in [3.8, 4) is 11.4 Å². The van der Waals surface area contributed by atoms with Crippen molar-refractivity contribution in [1.29, 1.82) is 0 Å². The van der Waals surface area contributed by atoms with Gasteiger partial charge < -0.3 is 15.0 Å². The normalized spacial score (nSPS) is 11.8. The Morgan fingerprint density at radius 3 is 2.02 bits per heavy atom. The van der Waals surface area contributed by atoms with Gasteiger partial charge in [0.05, 0.1) is 41.8 Å². The number of likely N-dealkylation sites (N-methyl/N-ethyl adjacent to an activating group) is 1. The van der Waals surface area contributed by atoms with Crippen LogP contribution in [0.1, 0.15) is 19.8 Å². The number of hydrogen-bond acceptors (Lipinski definition) is 7. The van der Waals surface area contributed by atoms with E-state index in [4.69, 9.17) is 27.9 Å². The van der Waals surface area contributed by atoms with E-state index in [-0.39, 0.29) is 22.1 Å². The van der Waals surface area contributed by atoms with Crippen LogP contribution in [-0.2, 0) is 14.3 Å². The third-order valence-corrected chi connectivity index (χ3v) is 6.01. The smallest absolute Gasteiger partial charge is 0.250 e. The van der Waals surface area contributed by atoms with Gasteiger partial charge >= 0.3 is 0 Å². The Morgan fingerprint density at radius 2 is 1.56 bits per heavy atom. The minimum atomic E-state index is -0.336. The molecule has 41 heavy (non-hydrogen) atoms. The standard InChI is InChI=1S/C13H13ClN4O.C11H9ClN4O.C4H8O/c1-3-12(19)17(4-2)11-9-18(16-13(11)14)10-6-5-7-15-8-10;1-2-10(17)14-9-7-16(15-11(9)12)8-4-3-5-13-6-8;1-2-4-5-3-1/h3,5-9H,1,4H2,2H3;2-7H,1H2,(H,14,17);1-4H2. The molecule has 4 aromatic rings. The Balaban J connectivity index is 0.000000193. The van der Waals surface area contributed by atoms with Gasteiger partial charge in [0.1, 0.15) is 5.69 Å². The Labute approximate surface area is 248 Å². The van der Waals surface area contributed by atoms with Gasteiger partial charge in [-0.1, -0.05) is 36.4 Å². The maximum absolute atomic E-state index is 11.7. The highest BCUT2D eigenvalue weighted by Gasteiger charge is 2.18. The van der Waals surface area contributed by atoms with E-state index in [1.807, 2.05) is 19.1 Å². The number of aromatic nitrogens is 6. The maximum atomic E-state index is 11.7. The van der Waals surface area contributed by atoms with Gasteiger partial charge in [0.2, 0.25) is 11.8 Å². The predicted octanol–water partition coefficient (Wildman–Crippen LogP) is 5.30. The quantitative estimate of drug-likeness (QED) is 0.287. The molecule has 214 valence electrons. The molecule has 13 heteroatoms. The number of carbonyl (C=O) groups excluding carboxylic acids is 2. The molecule has 0 unspecified atom stereocenters. The largest absolute Gasteiger partial charge is 0.381 e. The number of halogens is 2. The molecule has 0 aromatic carbocycles. The summed E-state index contributed by atoms with van der Waals surface area (Å²) in [6.45, 7) is 11.2. The van der Waals surface area contributed by atoms with Crippen LogP contribution < -0.4 is 10.2 Å². The second-order valence-corrected chi connectivity index (χ2v) is 8.97. The Bertz CT molecular complexity index is 1430. The molecular formula is C28H30Cl2N8O3. The zero-order valence-corrected chi connectivity index (χ0v) is 24.0. The van der Waals surface area contributed by atoms with Crippen molar-refractivity contribution in [3.05, 3.63) is 97.1 Å². The molecule has 2 amide bonds. The molecule has 1 aliphatic heterocycles. The van der Waals surface area contributed by atoms with E-state index in [0.29, 0.717) is 17.9 Å². The third kappa shape index (κ3) is 9.10. The van der Waals surface area contributed by atoms with Crippen LogP contribution in [0.15, 0.2) is 86.8 Å². The van der Waals surface area contributed by atoms with Gasteiger partial charge in [-0.25, -0.2) is 9.36 Å². The van der Waals surface area contributed by atoms with E-state index < -0.39 is 0 Å². The minimum Gasteiger partial charge on any atom is -0.381 e. The van der Waals surface area contributed by atoms with Gasteiger partial charge in [0, 0.05) is 32.2 Å². The molecule has 1 aliphatic rings. The zero-order valence-electron chi connectivity index (χ0n) is 22.5. The number of nitrogens with one attached hydrogen (secondary N) is 1. The Hall–Kier alpha value is -4.32. The minimum absolute atomic E-state index is 0.212. The van der Waals surface area contributed by atoms with E-state index >= 15 is 0 Å². The van der Waals surface area contributed by atoms with E-state index in [1.165, 1.54) is 28.5 Å². The van der Waals surface area contributed by atoms with Crippen molar-refractivity contribution in [2.24, 2.45) is 0 Å². The summed E-state index contributed by atoms with van der Waals surface area (Å²) in [5.41, 5.74) is 2.52. The third-order valence-electron chi connectivity index (χ3n) is 5.46. The number of anilines is 2. The first-order valence-corrected chi connectivity index (χ1v) is 13.4. The second kappa shape index (κ2) is 16.1. The summed E-state index contributed by atoms with van der Waals surface area (Å²) in [7, 11) is 0. The lowest BCUT2D eigenvalue weighted by molar-refractivity contribution is -0.114.